The molecule has 0 aromatic heterocycles. The van der Waals surface area contributed by atoms with Crippen molar-refractivity contribution in [1.82, 2.24) is 0 Å². The van der Waals surface area contributed by atoms with Crippen LogP contribution in [0.3, 0.4) is 0 Å². The van der Waals surface area contributed by atoms with Gasteiger partial charge in [-0.15, -0.1) is 0 Å². The number of hydrogen-bond acceptors (Lipinski definition) is 0. The molecule has 0 nitrogen and oxygen atoms in total. The Morgan fingerprint density at radius 3 is 1.24 bits per heavy atom. The molecule has 238 valence electrons. The van der Waals surface area contributed by atoms with Gasteiger partial charge in [0.15, 0.2) is 0 Å². The molecule has 8 aromatic carbocycles. The average molecular weight is 793 g/mol. The topological polar surface area (TPSA) is 0 Å². The zero-order valence-electron chi connectivity index (χ0n) is 26.3. The molecule has 49 heavy (non-hydrogen) atoms. The Morgan fingerprint density at radius 1 is 0.327 bits per heavy atom. The van der Waals surface area contributed by atoms with Crippen molar-refractivity contribution in [2.75, 3.05) is 0 Å². The molecule has 8 rings (SSSR count). The number of benzene rings is 8. The molecule has 5 heteroatoms. The second-order valence-corrected chi connectivity index (χ2v) is 16.7. The molecule has 0 fully saturated rings. The molecule has 0 N–H and O–H groups in total. The second kappa shape index (κ2) is 15.1. The molecule has 0 unspecified atom stereocenters. The van der Waals surface area contributed by atoms with Crippen molar-refractivity contribution in [1.29, 1.82) is 0 Å². The molecule has 0 aliphatic heterocycles. The predicted molar refractivity (Wildman–Crippen MR) is 214 cm³/mol. The molecule has 0 radical (unpaired) electrons. The van der Waals surface area contributed by atoms with Crippen molar-refractivity contribution >= 4 is 92.4 Å². The molecule has 8 aromatic rings. The Labute approximate surface area is 313 Å². The molecular weight excluding hydrogens is 762 g/mol. The summed E-state index contributed by atoms with van der Waals surface area (Å²) in [6.07, 6.45) is 0. The van der Waals surface area contributed by atoms with Crippen LogP contribution in [0, 0.1) is 0 Å². The van der Waals surface area contributed by atoms with Crippen LogP contribution in [0.25, 0.3) is 32.7 Å². The van der Waals surface area contributed by atoms with Gasteiger partial charge >= 0.3 is 0 Å². The Balaban J connectivity index is 0.00000378. The molecule has 0 amide bonds. The van der Waals surface area contributed by atoms with Crippen molar-refractivity contribution in [2.24, 2.45) is 0 Å². The monoisotopic (exact) mass is 792 g/mol. The van der Waals surface area contributed by atoms with E-state index in [1.807, 2.05) is 0 Å². The van der Waals surface area contributed by atoms with Crippen molar-refractivity contribution < 1.29 is 19.5 Å². The molecule has 0 bridgehead atoms. The maximum Gasteiger partial charge on any atom is 0.0688 e. The fraction of sp³-hybridized carbons (Fsp3) is 0. The number of halogens is 2. The normalized spacial score (nSPS) is 11.3. The summed E-state index contributed by atoms with van der Waals surface area (Å²) >= 11 is 14.9. The Hall–Kier alpha value is -3.66. The van der Waals surface area contributed by atoms with Crippen LogP contribution >= 0.6 is 39.0 Å². The van der Waals surface area contributed by atoms with Crippen LogP contribution in [0.2, 0.25) is 10.0 Å². The van der Waals surface area contributed by atoms with Gasteiger partial charge in [0.1, 0.15) is 0 Å². The third kappa shape index (κ3) is 6.41. The smallest absolute Gasteiger partial charge is 0.0688 e. The van der Waals surface area contributed by atoms with Gasteiger partial charge in [-0.25, -0.2) is 0 Å². The average Bonchev–Trinajstić information content (AvgIpc) is 3.16. The van der Waals surface area contributed by atoms with Crippen LogP contribution in [0.1, 0.15) is 0 Å². The largest absolute Gasteiger partial charge is 0.0820 e. The second-order valence-electron chi connectivity index (χ2n) is 11.6. The number of rotatable bonds is 7. The van der Waals surface area contributed by atoms with Crippen molar-refractivity contribution in [3.63, 3.8) is 0 Å². The van der Waals surface area contributed by atoms with Gasteiger partial charge in [0.25, 0.3) is 0 Å². The van der Waals surface area contributed by atoms with E-state index in [0.29, 0.717) is 10.0 Å². The third-order valence-corrected chi connectivity index (χ3v) is 14.8. The van der Waals surface area contributed by atoms with E-state index in [9.17, 15) is 0 Å². The van der Waals surface area contributed by atoms with Crippen LogP contribution in [-0.2, 0) is 19.5 Å². The molecule has 0 saturated carbocycles. The summed E-state index contributed by atoms with van der Waals surface area (Å²) in [6.45, 7) is 0. The first kappa shape index (κ1) is 33.8. The Kier molecular flexibility index (Phi) is 10.4. The van der Waals surface area contributed by atoms with Crippen LogP contribution < -0.4 is 31.8 Å². The fourth-order valence-corrected chi connectivity index (χ4v) is 12.4. The minimum Gasteiger partial charge on any atom is -0.0820 e. The van der Waals surface area contributed by atoms with E-state index in [2.05, 4.69) is 182 Å². The summed E-state index contributed by atoms with van der Waals surface area (Å²) in [4.78, 5) is 0. The van der Waals surface area contributed by atoms with Crippen molar-refractivity contribution in [3.05, 3.63) is 192 Å². The minimum atomic E-state index is -1.11. The standard InChI is InChI=1S/C44H30Cl2P2.Ru/c45-42-38-28-16-15-27-37(38)41(44(43(42)46)48(34-22-9-3-10-23-34)35-24-11-4-12-25-35)40-36-26-14-13-17-31(36)29-30-39(40)47(32-18-5-1-6-19-32)33-20-7-2-8-21-33;/h1-30H;. The van der Waals surface area contributed by atoms with E-state index >= 15 is 0 Å². The number of fused-ring (bicyclic) bond motifs is 2. The zero-order valence-corrected chi connectivity index (χ0v) is 31.4. The van der Waals surface area contributed by atoms with E-state index in [1.165, 1.54) is 42.9 Å². The third-order valence-electron chi connectivity index (χ3n) is 8.75. The summed E-state index contributed by atoms with van der Waals surface area (Å²) < 4.78 is 0. The minimum absolute atomic E-state index is 0. The molecule has 0 atom stereocenters. The molecular formula is C44H30Cl2P2Ru. The van der Waals surface area contributed by atoms with Gasteiger partial charge in [0, 0.05) is 35.7 Å². The van der Waals surface area contributed by atoms with Gasteiger partial charge in [-0.05, 0) is 64.1 Å². The first-order valence-corrected chi connectivity index (χ1v) is 19.4. The molecule has 0 heterocycles. The fourth-order valence-electron chi connectivity index (χ4n) is 6.67. The van der Waals surface area contributed by atoms with Crippen LogP contribution in [-0.4, -0.2) is 0 Å². The summed E-state index contributed by atoms with van der Waals surface area (Å²) in [5.41, 5.74) is 2.38. The van der Waals surface area contributed by atoms with Gasteiger partial charge in [-0.3, -0.25) is 0 Å². The van der Waals surface area contributed by atoms with Gasteiger partial charge < -0.3 is 0 Å². The van der Waals surface area contributed by atoms with Gasteiger partial charge in [-0.1, -0.05) is 205 Å². The van der Waals surface area contributed by atoms with Crippen LogP contribution in [0.5, 0.6) is 0 Å². The summed E-state index contributed by atoms with van der Waals surface area (Å²) in [6, 6.07) is 65.3. The first-order valence-electron chi connectivity index (χ1n) is 15.9. The zero-order chi connectivity index (χ0) is 32.5. The van der Waals surface area contributed by atoms with Crippen molar-refractivity contribution in [3.8, 4) is 11.1 Å². The quantitative estimate of drug-likeness (QED) is 0.111. The van der Waals surface area contributed by atoms with Gasteiger partial charge in [0.05, 0.1) is 10.0 Å². The maximum atomic E-state index is 7.63. The Bertz CT molecular complexity index is 2290. The van der Waals surface area contributed by atoms with Crippen LogP contribution in [0.4, 0.5) is 0 Å². The summed E-state index contributed by atoms with van der Waals surface area (Å²) in [7, 11) is -2.05. The van der Waals surface area contributed by atoms with E-state index in [0.717, 1.165) is 21.6 Å². The van der Waals surface area contributed by atoms with Gasteiger partial charge in [0.2, 0.25) is 0 Å². The van der Waals surface area contributed by atoms with E-state index in [4.69, 9.17) is 23.2 Å². The van der Waals surface area contributed by atoms with E-state index in [1.54, 1.807) is 0 Å². The maximum absolute atomic E-state index is 7.63. The van der Waals surface area contributed by atoms with E-state index in [-0.39, 0.29) is 19.5 Å². The van der Waals surface area contributed by atoms with E-state index < -0.39 is 15.8 Å². The molecule has 0 spiro atoms. The summed E-state index contributed by atoms with van der Waals surface area (Å²) in [5.74, 6) is 0. The SMILES string of the molecule is Clc1c(P(c2ccccc2)c2ccccc2)c(-c2c(P(c3ccccc3)c3ccccc3)ccc3ccccc23)c2ccccc2c1Cl.[Ru]. The predicted octanol–water partition coefficient (Wildman–Crippen LogP) is 10.5. The van der Waals surface area contributed by atoms with Gasteiger partial charge in [-0.2, -0.15) is 0 Å². The van der Waals surface area contributed by atoms with Crippen LogP contribution in [0.15, 0.2) is 182 Å². The van der Waals surface area contributed by atoms with Crippen molar-refractivity contribution in [2.45, 2.75) is 0 Å². The Morgan fingerprint density at radius 2 is 0.735 bits per heavy atom. The molecule has 0 aliphatic carbocycles. The molecule has 0 saturated heterocycles. The number of hydrogen-bond donors (Lipinski definition) is 0. The first-order chi connectivity index (χ1) is 23.7. The summed E-state index contributed by atoms with van der Waals surface area (Å²) in [5, 5.41) is 13.1. The molecule has 0 aliphatic rings.